The average Bonchev–Trinajstić information content (AvgIpc) is 3.36. The number of amides is 2. The minimum atomic E-state index is -4.65. The number of nitrogens with one attached hydrogen (secondary N) is 1. The fourth-order valence-corrected chi connectivity index (χ4v) is 3.18. The van der Waals surface area contributed by atoms with Crippen LogP contribution in [0.15, 0.2) is 28.9 Å². The van der Waals surface area contributed by atoms with E-state index in [4.69, 9.17) is 16.0 Å². The Kier molecular flexibility index (Phi) is 6.64. The molecule has 3 aromatic rings. The zero-order chi connectivity index (χ0) is 26.3. The van der Waals surface area contributed by atoms with Crippen LogP contribution >= 0.6 is 0 Å². The normalized spacial score (nSPS) is 13.9. The van der Waals surface area contributed by atoms with Crippen molar-refractivity contribution in [3.8, 4) is 11.4 Å². The van der Waals surface area contributed by atoms with E-state index in [0.29, 0.717) is 16.0 Å². The summed E-state index contributed by atoms with van der Waals surface area (Å²) in [6.07, 6.45) is -3.29. The van der Waals surface area contributed by atoms with E-state index in [9.17, 15) is 22.8 Å². The zero-order valence-corrected chi connectivity index (χ0v) is 19.8. The molecular formula is C22H26F3N7O3. The number of pyridine rings is 1. The molecule has 2 unspecified atom stereocenters. The van der Waals surface area contributed by atoms with Gasteiger partial charge in [0.25, 0.3) is 5.91 Å². The smallest absolute Gasteiger partial charge is 0.383 e. The SMILES string of the molecule is CC(C(=O)Nc1cc(C(C)(C)C)on1)c1ccc(-c2nn(C(C)C(F)(F)F)c(N)c2C(N)=O)nc1. The van der Waals surface area contributed by atoms with Crippen molar-refractivity contribution in [3.05, 3.63) is 41.3 Å². The quantitative estimate of drug-likeness (QED) is 0.472. The Labute approximate surface area is 198 Å². The maximum Gasteiger partial charge on any atom is 0.410 e. The van der Waals surface area contributed by atoms with Gasteiger partial charge >= 0.3 is 6.18 Å². The number of primary amides is 1. The highest BCUT2D eigenvalue weighted by Gasteiger charge is 2.40. The Morgan fingerprint density at radius 1 is 1.17 bits per heavy atom. The number of rotatable bonds is 6. The van der Waals surface area contributed by atoms with Crippen molar-refractivity contribution in [2.45, 2.75) is 58.2 Å². The molecule has 0 bridgehead atoms. The Morgan fingerprint density at radius 3 is 2.31 bits per heavy atom. The van der Waals surface area contributed by atoms with Crippen LogP contribution in [0.25, 0.3) is 11.4 Å². The molecule has 0 aliphatic carbocycles. The molecule has 13 heteroatoms. The molecule has 0 saturated carbocycles. The number of hydrogen-bond donors (Lipinski definition) is 3. The van der Waals surface area contributed by atoms with E-state index in [1.54, 1.807) is 19.1 Å². The molecule has 2 atom stereocenters. The van der Waals surface area contributed by atoms with Gasteiger partial charge in [0.15, 0.2) is 5.82 Å². The minimum Gasteiger partial charge on any atom is -0.383 e. The van der Waals surface area contributed by atoms with Crippen LogP contribution in [0, 0.1) is 0 Å². The molecule has 3 rings (SSSR count). The molecule has 35 heavy (non-hydrogen) atoms. The van der Waals surface area contributed by atoms with E-state index >= 15 is 0 Å². The molecule has 0 radical (unpaired) electrons. The molecule has 5 N–H and O–H groups in total. The number of halogens is 3. The summed E-state index contributed by atoms with van der Waals surface area (Å²) in [5, 5.41) is 10.4. The minimum absolute atomic E-state index is 0.0707. The first-order valence-electron chi connectivity index (χ1n) is 10.6. The maximum atomic E-state index is 13.2. The van der Waals surface area contributed by atoms with Gasteiger partial charge in [-0.1, -0.05) is 32.0 Å². The molecule has 2 amide bonds. The molecule has 3 heterocycles. The molecule has 0 spiro atoms. The van der Waals surface area contributed by atoms with Gasteiger partial charge in [-0.15, -0.1) is 0 Å². The van der Waals surface area contributed by atoms with Crippen molar-refractivity contribution in [1.82, 2.24) is 19.9 Å². The molecule has 188 valence electrons. The number of carbonyl (C=O) groups excluding carboxylic acids is 2. The number of hydrogen-bond acceptors (Lipinski definition) is 7. The van der Waals surface area contributed by atoms with Gasteiger partial charge in [0.05, 0.1) is 11.6 Å². The number of nitrogen functional groups attached to an aromatic ring is 1. The van der Waals surface area contributed by atoms with Crippen LogP contribution in [-0.4, -0.2) is 37.9 Å². The van der Waals surface area contributed by atoms with Crippen molar-refractivity contribution in [1.29, 1.82) is 0 Å². The zero-order valence-electron chi connectivity index (χ0n) is 19.8. The van der Waals surface area contributed by atoms with Gasteiger partial charge in [0, 0.05) is 17.7 Å². The van der Waals surface area contributed by atoms with Gasteiger partial charge in [-0.2, -0.15) is 18.3 Å². The lowest BCUT2D eigenvalue weighted by atomic mass is 9.93. The van der Waals surface area contributed by atoms with E-state index in [2.05, 4.69) is 20.6 Å². The second kappa shape index (κ2) is 9.04. The van der Waals surface area contributed by atoms with E-state index < -0.39 is 29.9 Å². The highest BCUT2D eigenvalue weighted by molar-refractivity contribution is 6.03. The molecule has 0 aliphatic heterocycles. The second-order valence-corrected chi connectivity index (χ2v) is 9.15. The van der Waals surface area contributed by atoms with Crippen LogP contribution < -0.4 is 16.8 Å². The fourth-order valence-electron chi connectivity index (χ4n) is 3.18. The van der Waals surface area contributed by atoms with E-state index in [0.717, 1.165) is 6.92 Å². The van der Waals surface area contributed by atoms with Crippen LogP contribution in [0.2, 0.25) is 0 Å². The van der Waals surface area contributed by atoms with Gasteiger partial charge in [0.2, 0.25) is 5.91 Å². The van der Waals surface area contributed by atoms with Gasteiger partial charge in [-0.05, 0) is 25.5 Å². The summed E-state index contributed by atoms with van der Waals surface area (Å²) < 4.78 is 45.3. The number of alkyl halides is 3. The molecule has 0 aliphatic rings. The number of anilines is 2. The maximum absolute atomic E-state index is 13.2. The monoisotopic (exact) mass is 493 g/mol. The number of nitrogens with two attached hydrogens (primary N) is 2. The molecular weight excluding hydrogens is 467 g/mol. The molecule has 10 nitrogen and oxygen atoms in total. The second-order valence-electron chi connectivity index (χ2n) is 9.15. The van der Waals surface area contributed by atoms with Crippen LogP contribution in [0.1, 0.15) is 68.3 Å². The van der Waals surface area contributed by atoms with Crippen LogP contribution in [0.3, 0.4) is 0 Å². The molecule has 0 aromatic carbocycles. The summed E-state index contributed by atoms with van der Waals surface area (Å²) in [6, 6.07) is 2.51. The van der Waals surface area contributed by atoms with Crippen molar-refractivity contribution in [3.63, 3.8) is 0 Å². The van der Waals surface area contributed by atoms with Crippen LogP contribution in [0.5, 0.6) is 0 Å². The third-order valence-corrected chi connectivity index (χ3v) is 5.46. The highest BCUT2D eigenvalue weighted by Crippen LogP contribution is 2.35. The lowest BCUT2D eigenvalue weighted by Crippen LogP contribution is -2.26. The summed E-state index contributed by atoms with van der Waals surface area (Å²) in [7, 11) is 0. The van der Waals surface area contributed by atoms with Crippen molar-refractivity contribution < 1.29 is 27.3 Å². The van der Waals surface area contributed by atoms with Crippen LogP contribution in [-0.2, 0) is 10.2 Å². The number of carbonyl (C=O) groups is 2. The van der Waals surface area contributed by atoms with Crippen molar-refractivity contribution in [2.24, 2.45) is 5.73 Å². The number of nitrogens with zero attached hydrogens (tertiary/aromatic N) is 4. The Balaban J connectivity index is 1.85. The van der Waals surface area contributed by atoms with Crippen molar-refractivity contribution in [2.75, 3.05) is 11.1 Å². The van der Waals surface area contributed by atoms with Crippen LogP contribution in [0.4, 0.5) is 24.8 Å². The summed E-state index contributed by atoms with van der Waals surface area (Å²) in [6.45, 7) is 8.33. The van der Waals surface area contributed by atoms with E-state index in [-0.39, 0.29) is 34.1 Å². The summed E-state index contributed by atoms with van der Waals surface area (Å²) in [5.41, 5.74) is 10.9. The van der Waals surface area contributed by atoms with Gasteiger partial charge in [0.1, 0.15) is 28.9 Å². The molecule has 3 aromatic heterocycles. The Bertz CT molecular complexity index is 1240. The number of aromatic nitrogens is 4. The predicted molar refractivity (Wildman–Crippen MR) is 121 cm³/mol. The lowest BCUT2D eigenvalue weighted by molar-refractivity contribution is -0.164. The fraction of sp³-hybridized carbons (Fsp3) is 0.409. The molecule has 0 saturated heterocycles. The lowest BCUT2D eigenvalue weighted by Gasteiger charge is -2.17. The predicted octanol–water partition coefficient (Wildman–Crippen LogP) is 3.78. The summed E-state index contributed by atoms with van der Waals surface area (Å²) in [5.74, 6) is -1.72. The summed E-state index contributed by atoms with van der Waals surface area (Å²) in [4.78, 5) is 28.8. The first-order valence-corrected chi connectivity index (χ1v) is 10.6. The van der Waals surface area contributed by atoms with E-state index in [1.807, 2.05) is 20.8 Å². The third-order valence-electron chi connectivity index (χ3n) is 5.46. The van der Waals surface area contributed by atoms with Gasteiger partial charge in [-0.25, -0.2) is 4.68 Å². The topological polar surface area (TPSA) is 155 Å². The van der Waals surface area contributed by atoms with Gasteiger partial charge < -0.3 is 21.3 Å². The van der Waals surface area contributed by atoms with E-state index in [1.165, 1.54) is 12.3 Å². The largest absolute Gasteiger partial charge is 0.410 e. The third kappa shape index (κ3) is 5.28. The highest BCUT2D eigenvalue weighted by atomic mass is 19.4. The standard InChI is InChI=1S/C22H26F3N7O3/c1-10(20(34)29-15-8-14(35-31-15)21(3,4)5)12-6-7-13(28-9-12)17-16(19(27)33)18(26)32(30-17)11(2)22(23,24)25/h6-11H,26H2,1-5H3,(H2,27,33)(H,29,31,34). The average molecular weight is 493 g/mol. The first kappa shape index (κ1) is 25.7. The first-order chi connectivity index (χ1) is 16.1. The molecule has 0 fully saturated rings. The summed E-state index contributed by atoms with van der Waals surface area (Å²) >= 11 is 0. The van der Waals surface area contributed by atoms with Gasteiger partial charge in [-0.3, -0.25) is 14.6 Å². The Hall–Kier alpha value is -3.90. The van der Waals surface area contributed by atoms with Crippen molar-refractivity contribution >= 4 is 23.5 Å². The Morgan fingerprint density at radius 2 is 1.83 bits per heavy atom.